The Morgan fingerprint density at radius 1 is 1.30 bits per heavy atom. The number of ether oxygens (including phenoxy) is 3. The number of carbonyl (C=O) groups excluding carboxylic acids is 3. The van der Waals surface area contributed by atoms with Gasteiger partial charge in [0.2, 0.25) is 0 Å². The minimum absolute atomic E-state index is 0. The first-order valence-corrected chi connectivity index (χ1v) is 12.9. The Hall–Kier alpha value is -2.56. The zero-order valence-electron chi connectivity index (χ0n) is 22.1. The summed E-state index contributed by atoms with van der Waals surface area (Å²) in [6, 6.07) is 3.79. The maximum atomic E-state index is 13.9. The molecule has 1 aromatic rings. The molecule has 0 bridgehead atoms. The van der Waals surface area contributed by atoms with E-state index in [4.69, 9.17) is 9.47 Å². The fraction of sp³-hybridized carbons (Fsp3) is 0.654. The maximum absolute atomic E-state index is 13.9. The van der Waals surface area contributed by atoms with Gasteiger partial charge in [-0.1, -0.05) is 0 Å². The highest BCUT2D eigenvalue weighted by Crippen LogP contribution is 2.43. The van der Waals surface area contributed by atoms with Crippen molar-refractivity contribution in [1.29, 1.82) is 0 Å². The summed E-state index contributed by atoms with van der Waals surface area (Å²) in [5.41, 5.74) is 0.894. The van der Waals surface area contributed by atoms with Crippen LogP contribution in [0.1, 0.15) is 55.5 Å². The lowest BCUT2D eigenvalue weighted by Crippen LogP contribution is -2.59. The molecule has 0 radical (unpaired) electrons. The lowest BCUT2D eigenvalue weighted by Gasteiger charge is -2.44. The van der Waals surface area contributed by atoms with Crippen LogP contribution in [-0.2, 0) is 14.3 Å². The van der Waals surface area contributed by atoms with E-state index in [0.717, 1.165) is 31.5 Å². The van der Waals surface area contributed by atoms with Gasteiger partial charge in [-0.15, -0.1) is 12.4 Å². The first kappa shape index (κ1) is 29.0. The van der Waals surface area contributed by atoms with E-state index in [1.54, 1.807) is 11.0 Å². The van der Waals surface area contributed by atoms with Crippen molar-refractivity contribution >= 4 is 36.0 Å². The van der Waals surface area contributed by atoms with Crippen LogP contribution in [0, 0.1) is 6.92 Å². The number of aryl methyl sites for hydroxylation is 1. The minimum Gasteiger partial charge on any atom is -0.475 e. The molecule has 11 heteroatoms. The summed E-state index contributed by atoms with van der Waals surface area (Å²) >= 11 is 0. The van der Waals surface area contributed by atoms with Gasteiger partial charge in [0, 0.05) is 50.1 Å². The zero-order chi connectivity index (χ0) is 25.9. The van der Waals surface area contributed by atoms with Crippen molar-refractivity contribution < 1.29 is 28.6 Å². The lowest BCUT2D eigenvalue weighted by atomic mass is 9.89. The van der Waals surface area contributed by atoms with Crippen molar-refractivity contribution in [2.75, 3.05) is 51.4 Å². The Kier molecular flexibility index (Phi) is 9.66. The Morgan fingerprint density at radius 3 is 2.65 bits per heavy atom. The SMILES string of the molecule is COC(=O)NCCN1C(=O)C2(CCOCC2)Oc2cc(C)c(C(=O)N(C(C)C)[C@@H]3CCCNC3)cc21.Cl. The van der Waals surface area contributed by atoms with Crippen LogP contribution in [0.15, 0.2) is 12.1 Å². The smallest absolute Gasteiger partial charge is 0.406 e. The van der Waals surface area contributed by atoms with Crippen LogP contribution in [0.4, 0.5) is 10.5 Å². The Labute approximate surface area is 224 Å². The predicted octanol–water partition coefficient (Wildman–Crippen LogP) is 2.65. The lowest BCUT2D eigenvalue weighted by molar-refractivity contribution is -0.144. The first-order chi connectivity index (χ1) is 17.3. The van der Waals surface area contributed by atoms with E-state index in [-0.39, 0.29) is 49.4 Å². The topological polar surface area (TPSA) is 109 Å². The molecule has 1 atom stereocenters. The van der Waals surface area contributed by atoms with Gasteiger partial charge in [-0.3, -0.25) is 9.59 Å². The fourth-order valence-corrected chi connectivity index (χ4v) is 5.42. The van der Waals surface area contributed by atoms with E-state index in [1.165, 1.54) is 7.11 Å². The normalized spacial score (nSPS) is 20.5. The monoisotopic (exact) mass is 538 g/mol. The average molecular weight is 539 g/mol. The molecule has 2 saturated heterocycles. The number of nitrogens with zero attached hydrogens (tertiary/aromatic N) is 2. The van der Waals surface area contributed by atoms with Crippen LogP contribution in [0.3, 0.4) is 0 Å². The van der Waals surface area contributed by atoms with Gasteiger partial charge in [-0.25, -0.2) is 4.79 Å². The second-order valence-electron chi connectivity index (χ2n) is 10.0. The Morgan fingerprint density at radius 2 is 2.03 bits per heavy atom. The number of nitrogens with one attached hydrogen (secondary N) is 2. The number of anilines is 1. The number of carbonyl (C=O) groups is 3. The summed E-state index contributed by atoms with van der Waals surface area (Å²) < 4.78 is 16.5. The van der Waals surface area contributed by atoms with Crippen molar-refractivity contribution in [1.82, 2.24) is 15.5 Å². The van der Waals surface area contributed by atoms with Crippen LogP contribution in [0.2, 0.25) is 0 Å². The quantitative estimate of drug-likeness (QED) is 0.573. The molecule has 0 aromatic heterocycles. The van der Waals surface area contributed by atoms with Crippen molar-refractivity contribution in [3.8, 4) is 5.75 Å². The second-order valence-corrected chi connectivity index (χ2v) is 10.0. The highest BCUT2D eigenvalue weighted by molar-refractivity contribution is 6.05. The van der Waals surface area contributed by atoms with Crippen LogP contribution in [-0.4, -0.2) is 87.0 Å². The fourth-order valence-electron chi connectivity index (χ4n) is 5.42. The van der Waals surface area contributed by atoms with Crippen LogP contribution in [0.25, 0.3) is 0 Å². The van der Waals surface area contributed by atoms with E-state index >= 15 is 0 Å². The number of alkyl carbamates (subject to hydrolysis) is 1. The molecule has 3 heterocycles. The molecule has 0 unspecified atom stereocenters. The van der Waals surface area contributed by atoms with Gasteiger partial charge in [0.05, 0.1) is 26.0 Å². The number of fused-ring (bicyclic) bond motifs is 1. The second kappa shape index (κ2) is 12.3. The van der Waals surface area contributed by atoms with Crippen LogP contribution < -0.4 is 20.3 Å². The van der Waals surface area contributed by atoms with Gasteiger partial charge >= 0.3 is 6.09 Å². The summed E-state index contributed by atoms with van der Waals surface area (Å²) in [6.45, 7) is 9.01. The molecule has 3 aliphatic rings. The molecule has 3 aliphatic heterocycles. The molecule has 3 amide bonds. The highest BCUT2D eigenvalue weighted by Gasteiger charge is 2.49. The number of piperidine rings is 1. The van der Waals surface area contributed by atoms with Crippen molar-refractivity contribution in [3.05, 3.63) is 23.3 Å². The third kappa shape index (κ3) is 5.97. The molecule has 0 aliphatic carbocycles. The molecule has 10 nitrogen and oxygen atoms in total. The number of hydrogen-bond acceptors (Lipinski definition) is 7. The molecule has 2 fully saturated rings. The van der Waals surface area contributed by atoms with E-state index < -0.39 is 11.7 Å². The van der Waals surface area contributed by atoms with E-state index in [0.29, 0.717) is 43.1 Å². The molecule has 2 N–H and O–H groups in total. The number of hydrogen-bond donors (Lipinski definition) is 2. The number of rotatable bonds is 6. The van der Waals surface area contributed by atoms with Gasteiger partial charge in [-0.2, -0.15) is 0 Å². The van der Waals surface area contributed by atoms with Gasteiger partial charge in [0.15, 0.2) is 5.60 Å². The summed E-state index contributed by atoms with van der Waals surface area (Å²) in [5.74, 6) is 0.342. The van der Waals surface area contributed by atoms with Gasteiger partial charge in [-0.05, 0) is 57.9 Å². The Bertz CT molecular complexity index is 992. The molecular weight excluding hydrogens is 500 g/mol. The van der Waals surface area contributed by atoms with Crippen molar-refractivity contribution in [3.63, 3.8) is 0 Å². The van der Waals surface area contributed by atoms with Crippen LogP contribution >= 0.6 is 12.4 Å². The number of halogens is 1. The van der Waals surface area contributed by atoms with Gasteiger partial charge in [0.25, 0.3) is 11.8 Å². The molecule has 1 spiro atoms. The standard InChI is InChI=1S/C26H38N4O6.ClH/c1-17(2)30(19-6-5-9-27-16-19)23(31)20-15-21-22(14-18(20)3)36-26(7-12-35-13-8-26)24(32)29(21)11-10-28-25(33)34-4;/h14-15,17,19,27H,5-13,16H2,1-4H3,(H,28,33);1H/t19-;/m1./s1. The Balaban J connectivity index is 0.00000380. The van der Waals surface area contributed by atoms with E-state index in [9.17, 15) is 14.4 Å². The summed E-state index contributed by atoms with van der Waals surface area (Å²) in [7, 11) is 1.30. The molecular formula is C26H39ClN4O6. The summed E-state index contributed by atoms with van der Waals surface area (Å²) in [6.07, 6.45) is 2.31. The van der Waals surface area contributed by atoms with E-state index in [2.05, 4.69) is 15.4 Å². The molecule has 4 rings (SSSR count). The summed E-state index contributed by atoms with van der Waals surface area (Å²) in [5, 5.41) is 6.05. The minimum atomic E-state index is -1.01. The zero-order valence-corrected chi connectivity index (χ0v) is 22.9. The summed E-state index contributed by atoms with van der Waals surface area (Å²) in [4.78, 5) is 42.9. The highest BCUT2D eigenvalue weighted by atomic mass is 35.5. The van der Waals surface area contributed by atoms with Crippen LogP contribution in [0.5, 0.6) is 5.75 Å². The van der Waals surface area contributed by atoms with Gasteiger partial charge in [0.1, 0.15) is 5.75 Å². The van der Waals surface area contributed by atoms with Crippen molar-refractivity contribution in [2.45, 2.75) is 64.1 Å². The van der Waals surface area contributed by atoms with Gasteiger partial charge < -0.3 is 34.6 Å². The van der Waals surface area contributed by atoms with E-state index in [1.807, 2.05) is 31.7 Å². The molecule has 37 heavy (non-hydrogen) atoms. The first-order valence-electron chi connectivity index (χ1n) is 12.9. The average Bonchev–Trinajstić information content (AvgIpc) is 2.87. The molecule has 1 aromatic carbocycles. The maximum Gasteiger partial charge on any atom is 0.406 e. The van der Waals surface area contributed by atoms with Crippen molar-refractivity contribution in [2.24, 2.45) is 0 Å². The third-order valence-electron chi connectivity index (χ3n) is 7.31. The third-order valence-corrected chi connectivity index (χ3v) is 7.31. The largest absolute Gasteiger partial charge is 0.475 e. The number of benzene rings is 1. The molecule has 206 valence electrons. The predicted molar refractivity (Wildman–Crippen MR) is 142 cm³/mol. The number of amides is 3. The molecule has 0 saturated carbocycles. The number of methoxy groups -OCH3 is 1.